The number of fused-ring (bicyclic) bond motifs is 13. The molecule has 10 aromatic rings. The lowest BCUT2D eigenvalue weighted by atomic mass is 10.1. The highest BCUT2D eigenvalue weighted by atomic mass is 32.1. The second-order valence-electron chi connectivity index (χ2n) is 10.9. The van der Waals surface area contributed by atoms with E-state index in [0.29, 0.717) is 0 Å². The molecule has 0 atom stereocenters. The summed E-state index contributed by atoms with van der Waals surface area (Å²) in [5.74, 6) is 0. The zero-order valence-corrected chi connectivity index (χ0v) is 24.0. The molecule has 0 N–H and O–H groups in total. The summed E-state index contributed by atoms with van der Waals surface area (Å²) in [6, 6.07) is 48.9. The van der Waals surface area contributed by atoms with Crippen LogP contribution in [0.25, 0.3) is 84.6 Å². The molecule has 10 rings (SSSR count). The summed E-state index contributed by atoms with van der Waals surface area (Å²) in [7, 11) is 0. The second-order valence-corrected chi connectivity index (χ2v) is 13.1. The van der Waals surface area contributed by atoms with Crippen molar-refractivity contribution in [2.75, 3.05) is 0 Å². The molecule has 0 fully saturated rings. The van der Waals surface area contributed by atoms with Crippen LogP contribution >= 0.6 is 22.7 Å². The van der Waals surface area contributed by atoms with Crippen molar-refractivity contribution in [3.8, 4) is 11.4 Å². The average Bonchev–Trinajstić information content (AvgIpc) is 3.78. The molecule has 2 nitrogen and oxygen atoms in total. The zero-order chi connectivity index (χ0) is 27.4. The predicted molar refractivity (Wildman–Crippen MR) is 183 cm³/mol. The van der Waals surface area contributed by atoms with Crippen molar-refractivity contribution < 1.29 is 0 Å². The van der Waals surface area contributed by atoms with Crippen molar-refractivity contribution in [3.63, 3.8) is 0 Å². The lowest BCUT2D eigenvalue weighted by Crippen LogP contribution is -1.94. The molecule has 0 aliphatic rings. The van der Waals surface area contributed by atoms with Crippen LogP contribution in [0.5, 0.6) is 0 Å². The lowest BCUT2D eigenvalue weighted by molar-refractivity contribution is 1.17. The normalized spacial score (nSPS) is 12.3. The van der Waals surface area contributed by atoms with Gasteiger partial charge in [0.2, 0.25) is 0 Å². The third kappa shape index (κ3) is 2.88. The second kappa shape index (κ2) is 8.32. The van der Waals surface area contributed by atoms with E-state index in [9.17, 15) is 0 Å². The Bertz CT molecular complexity index is 2480. The molecule has 6 aromatic carbocycles. The highest BCUT2D eigenvalue weighted by Crippen LogP contribution is 2.49. The molecular weight excluding hydrogens is 549 g/mol. The van der Waals surface area contributed by atoms with Crippen LogP contribution in [-0.4, -0.2) is 9.13 Å². The van der Waals surface area contributed by atoms with E-state index in [4.69, 9.17) is 0 Å². The van der Waals surface area contributed by atoms with Crippen LogP contribution in [-0.2, 0) is 0 Å². The minimum absolute atomic E-state index is 1.18. The molecule has 0 saturated heterocycles. The van der Waals surface area contributed by atoms with Gasteiger partial charge in [-0.3, -0.25) is 0 Å². The van der Waals surface area contributed by atoms with E-state index in [-0.39, 0.29) is 0 Å². The molecule has 0 saturated carbocycles. The maximum atomic E-state index is 2.52. The molecule has 196 valence electrons. The summed E-state index contributed by atoms with van der Waals surface area (Å²) in [5, 5.41) is 7.98. The quantitative estimate of drug-likeness (QED) is 0.196. The summed E-state index contributed by atoms with van der Waals surface area (Å²) in [6.45, 7) is 0. The van der Waals surface area contributed by atoms with E-state index < -0.39 is 0 Å². The van der Waals surface area contributed by atoms with Crippen LogP contribution < -0.4 is 0 Å². The molecule has 0 spiro atoms. The number of hydrogen-bond donors (Lipinski definition) is 0. The Morgan fingerprint density at radius 2 is 0.738 bits per heavy atom. The van der Waals surface area contributed by atoms with Crippen molar-refractivity contribution in [2.24, 2.45) is 0 Å². The monoisotopic (exact) mass is 570 g/mol. The molecule has 0 unspecified atom stereocenters. The first-order valence-electron chi connectivity index (χ1n) is 14.2. The molecule has 4 heterocycles. The van der Waals surface area contributed by atoms with Gasteiger partial charge in [-0.25, -0.2) is 0 Å². The minimum Gasteiger partial charge on any atom is -0.307 e. The Kier molecular flexibility index (Phi) is 4.51. The third-order valence-electron chi connectivity index (χ3n) is 8.70. The fraction of sp³-hybridized carbons (Fsp3) is 0. The fourth-order valence-corrected chi connectivity index (χ4v) is 9.29. The third-order valence-corrected chi connectivity index (χ3v) is 11.0. The van der Waals surface area contributed by atoms with Crippen LogP contribution in [0.1, 0.15) is 0 Å². The first-order chi connectivity index (χ1) is 20.9. The van der Waals surface area contributed by atoms with E-state index in [1.165, 1.54) is 84.6 Å². The van der Waals surface area contributed by atoms with Crippen LogP contribution in [0.3, 0.4) is 0 Å². The van der Waals surface area contributed by atoms with Gasteiger partial charge >= 0.3 is 0 Å². The first-order valence-corrected chi connectivity index (χ1v) is 15.8. The van der Waals surface area contributed by atoms with Gasteiger partial charge in [0.05, 0.1) is 22.1 Å². The number of hydrogen-bond acceptors (Lipinski definition) is 2. The van der Waals surface area contributed by atoms with Crippen molar-refractivity contribution in [2.45, 2.75) is 0 Å². The average molecular weight is 571 g/mol. The van der Waals surface area contributed by atoms with Gasteiger partial charge in [0.25, 0.3) is 0 Å². The van der Waals surface area contributed by atoms with Crippen LogP contribution in [0, 0.1) is 0 Å². The number of rotatable bonds is 2. The lowest BCUT2D eigenvalue weighted by Gasteiger charge is -2.10. The maximum Gasteiger partial charge on any atom is 0.0810 e. The van der Waals surface area contributed by atoms with Gasteiger partial charge in [0.15, 0.2) is 0 Å². The molecule has 0 aliphatic heterocycles. The van der Waals surface area contributed by atoms with Gasteiger partial charge < -0.3 is 9.13 Å². The highest BCUT2D eigenvalue weighted by molar-refractivity contribution is 7.26. The van der Waals surface area contributed by atoms with Crippen molar-refractivity contribution in [3.05, 3.63) is 133 Å². The highest BCUT2D eigenvalue weighted by Gasteiger charge is 2.26. The van der Waals surface area contributed by atoms with Crippen LogP contribution in [0.2, 0.25) is 0 Å². The molecule has 0 radical (unpaired) electrons. The van der Waals surface area contributed by atoms with Gasteiger partial charge in [-0.15, -0.1) is 22.7 Å². The first kappa shape index (κ1) is 22.8. The van der Waals surface area contributed by atoms with Gasteiger partial charge in [0, 0.05) is 62.5 Å². The summed E-state index contributed by atoms with van der Waals surface area (Å²) in [4.78, 5) is 0. The van der Waals surface area contributed by atoms with E-state index >= 15 is 0 Å². The SMILES string of the molecule is c1ccc(-n2c3ccc4sc5ccccc5c4c3c3c2c2c4c(ccc2n3-c2ccccc2)sc2ccccc24)cc1. The number of aromatic nitrogens is 2. The Hall–Kier alpha value is -4.90. The van der Waals surface area contributed by atoms with Gasteiger partial charge in [-0.05, 0) is 60.7 Å². The fourth-order valence-electron chi connectivity index (χ4n) is 7.07. The standard InChI is InChI=1S/C38H22N2S2/c1-3-11-23(12-4-1)39-27-19-21-31-33(25-15-7-9-17-29(25)41-31)35(27)38-37(39)36-28(40(38)24-13-5-2-6-14-24)20-22-32-34(36)26-16-8-10-18-30(26)42-32/h1-22H. The van der Waals surface area contributed by atoms with Crippen molar-refractivity contribution >= 4 is 95.9 Å². The molecule has 0 bridgehead atoms. The van der Waals surface area contributed by atoms with Crippen molar-refractivity contribution in [1.29, 1.82) is 0 Å². The van der Waals surface area contributed by atoms with Gasteiger partial charge in [-0.1, -0.05) is 72.8 Å². The molecule has 0 amide bonds. The van der Waals surface area contributed by atoms with Crippen LogP contribution in [0.4, 0.5) is 0 Å². The van der Waals surface area contributed by atoms with Crippen molar-refractivity contribution in [1.82, 2.24) is 9.13 Å². The Balaban J connectivity index is 1.59. The Labute approximate surface area is 248 Å². The van der Waals surface area contributed by atoms with E-state index in [0.717, 1.165) is 0 Å². The molecule has 42 heavy (non-hydrogen) atoms. The molecule has 0 aliphatic carbocycles. The molecule has 4 heteroatoms. The largest absolute Gasteiger partial charge is 0.307 e. The number of nitrogens with zero attached hydrogens (tertiary/aromatic N) is 2. The van der Waals surface area contributed by atoms with E-state index in [1.54, 1.807) is 0 Å². The van der Waals surface area contributed by atoms with Crippen LogP contribution in [0.15, 0.2) is 133 Å². The summed E-state index contributed by atoms with van der Waals surface area (Å²) >= 11 is 3.78. The number of benzene rings is 6. The Morgan fingerprint density at radius 1 is 0.333 bits per heavy atom. The zero-order valence-electron chi connectivity index (χ0n) is 22.4. The summed E-state index contributed by atoms with van der Waals surface area (Å²) in [5.41, 5.74) is 7.38. The van der Waals surface area contributed by atoms with Gasteiger partial charge in [-0.2, -0.15) is 0 Å². The molecule has 4 aromatic heterocycles. The number of thiophene rings is 2. The smallest absolute Gasteiger partial charge is 0.0810 e. The topological polar surface area (TPSA) is 9.86 Å². The maximum absolute atomic E-state index is 2.52. The van der Waals surface area contributed by atoms with E-state index in [1.807, 2.05) is 22.7 Å². The Morgan fingerprint density at radius 3 is 1.19 bits per heavy atom. The van der Waals surface area contributed by atoms with E-state index in [2.05, 4.69) is 143 Å². The minimum atomic E-state index is 1.18. The van der Waals surface area contributed by atoms with Gasteiger partial charge in [0.1, 0.15) is 0 Å². The summed E-state index contributed by atoms with van der Waals surface area (Å²) in [6.07, 6.45) is 0. The molecular formula is C38H22N2S2. The summed E-state index contributed by atoms with van der Waals surface area (Å²) < 4.78 is 10.3. The predicted octanol–water partition coefficient (Wildman–Crippen LogP) is 11.5. The number of para-hydroxylation sites is 2.